The van der Waals surface area contributed by atoms with E-state index in [1.54, 1.807) is 6.92 Å². The first-order valence-corrected chi connectivity index (χ1v) is 3.96. The summed E-state index contributed by atoms with van der Waals surface area (Å²) < 4.78 is 38.5. The highest BCUT2D eigenvalue weighted by Crippen LogP contribution is 2.14. The number of carbonyl (C=O) groups is 1. The van der Waals surface area contributed by atoms with Crippen molar-refractivity contribution >= 4 is 6.09 Å². The maximum atomic E-state index is 11.6. The summed E-state index contributed by atoms with van der Waals surface area (Å²) in [5.74, 6) is 0. The number of aliphatic hydroxyl groups excluding tert-OH is 1. The van der Waals surface area contributed by atoms with Gasteiger partial charge in [-0.15, -0.1) is 0 Å². The van der Waals surface area contributed by atoms with Crippen molar-refractivity contribution in [3.05, 3.63) is 0 Å². The summed E-state index contributed by atoms with van der Waals surface area (Å²) in [5.41, 5.74) is 0. The summed E-state index contributed by atoms with van der Waals surface area (Å²) in [7, 11) is 0. The average Bonchev–Trinajstić information content (AvgIpc) is 2.00. The largest absolute Gasteiger partial charge is 0.440 e. The molecule has 1 amide bonds. The summed E-state index contributed by atoms with van der Waals surface area (Å²) in [6, 6.07) is -0.416. The van der Waals surface area contributed by atoms with Crippen molar-refractivity contribution in [3.63, 3.8) is 0 Å². The number of ether oxygens (including phenoxy) is 1. The number of hydrogen-bond acceptors (Lipinski definition) is 3. The van der Waals surface area contributed by atoms with Gasteiger partial charge in [0.15, 0.2) is 6.61 Å². The molecule has 0 aromatic heterocycles. The van der Waals surface area contributed by atoms with Crippen LogP contribution in [0, 0.1) is 0 Å². The van der Waals surface area contributed by atoms with E-state index in [9.17, 15) is 18.0 Å². The van der Waals surface area contributed by atoms with Crippen LogP contribution in [-0.2, 0) is 4.74 Å². The Bertz CT molecular complexity index is 184. The Morgan fingerprint density at radius 1 is 1.57 bits per heavy atom. The van der Waals surface area contributed by atoms with E-state index in [1.807, 2.05) is 0 Å². The summed E-state index contributed by atoms with van der Waals surface area (Å²) in [5, 5.41) is 10.6. The lowest BCUT2D eigenvalue weighted by molar-refractivity contribution is -0.160. The predicted octanol–water partition coefficient (Wildman–Crippen LogP) is 1.05. The van der Waals surface area contributed by atoms with Crippen LogP contribution in [0.1, 0.15) is 13.3 Å². The first kappa shape index (κ1) is 13.0. The monoisotopic (exact) mass is 215 g/mol. The number of halogens is 3. The van der Waals surface area contributed by atoms with Gasteiger partial charge >= 0.3 is 12.3 Å². The number of amides is 1. The molecule has 0 aliphatic carbocycles. The molecule has 0 bridgehead atoms. The van der Waals surface area contributed by atoms with E-state index < -0.39 is 24.9 Å². The molecule has 0 aliphatic rings. The third kappa shape index (κ3) is 7.66. The number of aliphatic hydroxyl groups is 1. The van der Waals surface area contributed by atoms with E-state index in [4.69, 9.17) is 5.11 Å². The van der Waals surface area contributed by atoms with Crippen LogP contribution >= 0.6 is 0 Å². The predicted molar refractivity (Wildman–Crippen MR) is 41.7 cm³/mol. The van der Waals surface area contributed by atoms with E-state index >= 15 is 0 Å². The van der Waals surface area contributed by atoms with Gasteiger partial charge in [-0.1, -0.05) is 0 Å². The molecule has 1 atom stereocenters. The van der Waals surface area contributed by atoms with Crippen LogP contribution in [-0.4, -0.2) is 36.6 Å². The molecule has 0 aliphatic heterocycles. The normalized spacial score (nSPS) is 13.5. The van der Waals surface area contributed by atoms with Crippen LogP contribution in [0.4, 0.5) is 18.0 Å². The van der Waals surface area contributed by atoms with Crippen molar-refractivity contribution in [1.29, 1.82) is 0 Å². The number of nitrogens with one attached hydrogen (secondary N) is 1. The van der Waals surface area contributed by atoms with E-state index in [2.05, 4.69) is 10.1 Å². The molecule has 0 spiro atoms. The zero-order chi connectivity index (χ0) is 11.2. The molecule has 0 rings (SSSR count). The standard InChI is InChI=1S/C7H12F3NO3/c1-5(2-3-12)11-6(13)14-4-7(8,9)10/h5,12H,2-4H2,1H3,(H,11,13). The third-order valence-corrected chi connectivity index (χ3v) is 1.29. The second-order valence-electron chi connectivity index (χ2n) is 2.75. The van der Waals surface area contributed by atoms with Crippen molar-refractivity contribution in [2.45, 2.75) is 25.6 Å². The number of alkyl carbamates (subject to hydrolysis) is 1. The van der Waals surface area contributed by atoms with Crippen LogP contribution in [0.3, 0.4) is 0 Å². The number of hydrogen-bond donors (Lipinski definition) is 2. The second kappa shape index (κ2) is 5.69. The molecule has 0 aromatic rings. The first-order chi connectivity index (χ1) is 6.35. The average molecular weight is 215 g/mol. The van der Waals surface area contributed by atoms with Gasteiger partial charge in [0, 0.05) is 12.6 Å². The molecule has 0 heterocycles. The van der Waals surface area contributed by atoms with E-state index in [0.717, 1.165) is 0 Å². The van der Waals surface area contributed by atoms with Gasteiger partial charge in [-0.3, -0.25) is 0 Å². The Morgan fingerprint density at radius 2 is 2.14 bits per heavy atom. The van der Waals surface area contributed by atoms with Gasteiger partial charge in [0.1, 0.15) is 0 Å². The molecular formula is C7H12F3NO3. The molecule has 0 fully saturated rings. The fraction of sp³-hybridized carbons (Fsp3) is 0.857. The summed E-state index contributed by atoms with van der Waals surface area (Å²) in [6.45, 7) is -0.212. The molecule has 2 N–H and O–H groups in total. The molecule has 14 heavy (non-hydrogen) atoms. The highest BCUT2D eigenvalue weighted by Gasteiger charge is 2.29. The zero-order valence-electron chi connectivity index (χ0n) is 7.60. The lowest BCUT2D eigenvalue weighted by Gasteiger charge is -2.13. The molecule has 7 heteroatoms. The van der Waals surface area contributed by atoms with Gasteiger partial charge in [0.25, 0.3) is 0 Å². The third-order valence-electron chi connectivity index (χ3n) is 1.29. The second-order valence-corrected chi connectivity index (χ2v) is 2.75. The van der Waals surface area contributed by atoms with Gasteiger partial charge in [-0.2, -0.15) is 13.2 Å². The van der Waals surface area contributed by atoms with E-state index in [0.29, 0.717) is 0 Å². The summed E-state index contributed by atoms with van der Waals surface area (Å²) in [4.78, 5) is 10.7. The maximum absolute atomic E-state index is 11.6. The van der Waals surface area contributed by atoms with Gasteiger partial charge in [0.2, 0.25) is 0 Å². The van der Waals surface area contributed by atoms with Crippen LogP contribution in [0.2, 0.25) is 0 Å². The van der Waals surface area contributed by atoms with E-state index in [1.165, 1.54) is 0 Å². The molecule has 84 valence electrons. The Labute approximate surface area is 79.0 Å². The van der Waals surface area contributed by atoms with Crippen LogP contribution in [0.5, 0.6) is 0 Å². The summed E-state index contributed by atoms with van der Waals surface area (Å²) >= 11 is 0. The highest BCUT2D eigenvalue weighted by molar-refractivity contribution is 5.67. The minimum atomic E-state index is -4.52. The molecular weight excluding hydrogens is 203 g/mol. The zero-order valence-corrected chi connectivity index (χ0v) is 7.60. The van der Waals surface area contributed by atoms with Gasteiger partial charge in [0.05, 0.1) is 0 Å². The smallest absolute Gasteiger partial charge is 0.422 e. The van der Waals surface area contributed by atoms with E-state index in [-0.39, 0.29) is 13.0 Å². The van der Waals surface area contributed by atoms with Crippen molar-refractivity contribution in [1.82, 2.24) is 5.32 Å². The minimum Gasteiger partial charge on any atom is -0.440 e. The molecule has 0 saturated heterocycles. The van der Waals surface area contributed by atoms with Crippen LogP contribution in [0.15, 0.2) is 0 Å². The molecule has 0 radical (unpaired) electrons. The molecule has 0 aromatic carbocycles. The topological polar surface area (TPSA) is 58.6 Å². The lowest BCUT2D eigenvalue weighted by Crippen LogP contribution is -2.35. The summed E-state index contributed by atoms with van der Waals surface area (Å²) in [6.07, 6.45) is -5.39. The van der Waals surface area contributed by atoms with Gasteiger partial charge in [-0.25, -0.2) is 4.79 Å². The van der Waals surface area contributed by atoms with Crippen molar-refractivity contribution < 1.29 is 27.8 Å². The number of alkyl halides is 3. The highest BCUT2D eigenvalue weighted by atomic mass is 19.4. The quantitative estimate of drug-likeness (QED) is 0.736. The lowest BCUT2D eigenvalue weighted by atomic mass is 10.2. The Hall–Kier alpha value is -0.980. The maximum Gasteiger partial charge on any atom is 0.422 e. The first-order valence-electron chi connectivity index (χ1n) is 3.96. The van der Waals surface area contributed by atoms with Gasteiger partial charge in [-0.05, 0) is 13.3 Å². The molecule has 0 saturated carbocycles. The molecule has 1 unspecified atom stereocenters. The number of rotatable bonds is 4. The minimum absolute atomic E-state index is 0.152. The Balaban J connectivity index is 3.65. The van der Waals surface area contributed by atoms with Crippen LogP contribution in [0.25, 0.3) is 0 Å². The van der Waals surface area contributed by atoms with Crippen LogP contribution < -0.4 is 5.32 Å². The number of carbonyl (C=O) groups excluding carboxylic acids is 1. The molecule has 4 nitrogen and oxygen atoms in total. The Morgan fingerprint density at radius 3 is 2.57 bits per heavy atom. The van der Waals surface area contributed by atoms with Crippen molar-refractivity contribution in [2.24, 2.45) is 0 Å². The van der Waals surface area contributed by atoms with Crippen molar-refractivity contribution in [2.75, 3.05) is 13.2 Å². The fourth-order valence-electron chi connectivity index (χ4n) is 0.656. The van der Waals surface area contributed by atoms with Crippen molar-refractivity contribution in [3.8, 4) is 0 Å². The van der Waals surface area contributed by atoms with Gasteiger partial charge < -0.3 is 15.2 Å². The SMILES string of the molecule is CC(CCO)NC(=O)OCC(F)(F)F. The Kier molecular flexibility index (Phi) is 5.29. The fourth-order valence-corrected chi connectivity index (χ4v) is 0.656.